The van der Waals surface area contributed by atoms with Gasteiger partial charge in [-0.2, -0.15) is 0 Å². The molecule has 0 saturated heterocycles. The molecule has 0 atom stereocenters. The maximum absolute atomic E-state index is 5.89. The minimum Gasteiger partial charge on any atom is -0.354 e. The highest BCUT2D eigenvalue weighted by Gasteiger charge is 2.04. The molecule has 0 spiro atoms. The van der Waals surface area contributed by atoms with Crippen molar-refractivity contribution in [2.75, 3.05) is 11.9 Å². The molecule has 3 nitrogen and oxygen atoms in total. The van der Waals surface area contributed by atoms with Crippen LogP contribution in [0, 0.1) is 6.92 Å². The first-order valence-corrected chi connectivity index (χ1v) is 6.42. The number of hydrogen-bond donors (Lipinski definition) is 1. The molecule has 1 aromatic carbocycles. The van der Waals surface area contributed by atoms with Gasteiger partial charge in [0.05, 0.1) is 5.69 Å². The van der Waals surface area contributed by atoms with E-state index in [-0.39, 0.29) is 0 Å². The van der Waals surface area contributed by atoms with Crippen LogP contribution in [0.5, 0.6) is 0 Å². The minimum absolute atomic E-state index is 0.682. The van der Waals surface area contributed by atoms with Gasteiger partial charge in [0.1, 0.15) is 0 Å². The minimum atomic E-state index is 0.682. The van der Waals surface area contributed by atoms with Crippen LogP contribution < -0.4 is 5.32 Å². The third-order valence-corrected chi connectivity index (χ3v) is 2.78. The van der Waals surface area contributed by atoms with Gasteiger partial charge in [-0.1, -0.05) is 30.7 Å². The van der Waals surface area contributed by atoms with Crippen LogP contribution in [-0.4, -0.2) is 16.5 Å². The first-order chi connectivity index (χ1) is 8.69. The quantitative estimate of drug-likeness (QED) is 0.906. The molecule has 0 amide bonds. The van der Waals surface area contributed by atoms with Crippen molar-refractivity contribution in [3.8, 4) is 11.3 Å². The summed E-state index contributed by atoms with van der Waals surface area (Å²) in [7, 11) is 0. The van der Waals surface area contributed by atoms with Gasteiger partial charge in [-0.05, 0) is 31.5 Å². The average Bonchev–Trinajstić information content (AvgIpc) is 2.36. The summed E-state index contributed by atoms with van der Waals surface area (Å²) >= 11 is 5.89. The molecule has 1 aromatic heterocycles. The van der Waals surface area contributed by atoms with Crippen LogP contribution in [0.2, 0.25) is 5.02 Å². The molecule has 0 bridgehead atoms. The van der Waals surface area contributed by atoms with Crippen molar-refractivity contribution >= 4 is 17.5 Å². The largest absolute Gasteiger partial charge is 0.354 e. The number of rotatable bonds is 4. The zero-order chi connectivity index (χ0) is 13.0. The van der Waals surface area contributed by atoms with E-state index in [9.17, 15) is 0 Å². The Labute approximate surface area is 112 Å². The van der Waals surface area contributed by atoms with E-state index in [0.717, 1.165) is 34.9 Å². The van der Waals surface area contributed by atoms with E-state index < -0.39 is 0 Å². The Balaban J connectivity index is 2.32. The fraction of sp³-hybridized carbons (Fsp3) is 0.286. The second-order valence-corrected chi connectivity index (χ2v) is 4.59. The number of nitrogens with zero attached hydrogens (tertiary/aromatic N) is 2. The Morgan fingerprint density at radius 3 is 2.56 bits per heavy atom. The lowest BCUT2D eigenvalue weighted by Gasteiger charge is -2.07. The summed E-state index contributed by atoms with van der Waals surface area (Å²) in [6.07, 6.45) is 1.05. The maximum Gasteiger partial charge on any atom is 0.223 e. The Bertz CT molecular complexity index is 523. The number of benzene rings is 1. The average molecular weight is 262 g/mol. The van der Waals surface area contributed by atoms with Crippen molar-refractivity contribution in [1.82, 2.24) is 9.97 Å². The molecule has 18 heavy (non-hydrogen) atoms. The van der Waals surface area contributed by atoms with Gasteiger partial charge in [-0.3, -0.25) is 0 Å². The predicted molar refractivity (Wildman–Crippen MR) is 76.0 cm³/mol. The van der Waals surface area contributed by atoms with Crippen LogP contribution in [0.4, 0.5) is 5.95 Å². The van der Waals surface area contributed by atoms with Crippen molar-refractivity contribution in [1.29, 1.82) is 0 Å². The van der Waals surface area contributed by atoms with Gasteiger partial charge in [0.2, 0.25) is 5.95 Å². The number of nitrogens with one attached hydrogen (secondary N) is 1. The zero-order valence-corrected chi connectivity index (χ0v) is 11.3. The molecule has 94 valence electrons. The topological polar surface area (TPSA) is 37.8 Å². The van der Waals surface area contributed by atoms with E-state index in [4.69, 9.17) is 11.6 Å². The van der Waals surface area contributed by atoms with Gasteiger partial charge in [0.25, 0.3) is 0 Å². The molecular weight excluding hydrogens is 246 g/mol. The molecule has 0 radical (unpaired) electrons. The van der Waals surface area contributed by atoms with Crippen LogP contribution in [0.25, 0.3) is 11.3 Å². The highest BCUT2D eigenvalue weighted by atomic mass is 35.5. The third-order valence-electron chi connectivity index (χ3n) is 2.53. The van der Waals surface area contributed by atoms with Crippen LogP contribution in [0.3, 0.4) is 0 Å². The van der Waals surface area contributed by atoms with Crippen molar-refractivity contribution in [2.45, 2.75) is 20.3 Å². The first kappa shape index (κ1) is 12.8. The lowest BCUT2D eigenvalue weighted by molar-refractivity contribution is 0.947. The molecule has 0 aliphatic rings. The van der Waals surface area contributed by atoms with Crippen LogP contribution in [0.15, 0.2) is 30.3 Å². The normalized spacial score (nSPS) is 10.4. The summed E-state index contributed by atoms with van der Waals surface area (Å²) in [6, 6.07) is 9.64. The molecular formula is C14H16ClN3. The molecule has 0 aliphatic heterocycles. The third kappa shape index (κ3) is 3.20. The van der Waals surface area contributed by atoms with Crippen LogP contribution in [0.1, 0.15) is 19.0 Å². The number of aryl methyl sites for hydroxylation is 1. The van der Waals surface area contributed by atoms with Gasteiger partial charge < -0.3 is 5.32 Å². The lowest BCUT2D eigenvalue weighted by Crippen LogP contribution is -2.05. The molecule has 0 unspecified atom stereocenters. The van der Waals surface area contributed by atoms with E-state index >= 15 is 0 Å². The first-order valence-electron chi connectivity index (χ1n) is 6.04. The van der Waals surface area contributed by atoms with E-state index in [2.05, 4.69) is 22.2 Å². The van der Waals surface area contributed by atoms with Crippen molar-refractivity contribution in [3.63, 3.8) is 0 Å². The summed E-state index contributed by atoms with van der Waals surface area (Å²) in [5.74, 6) is 0.682. The summed E-state index contributed by atoms with van der Waals surface area (Å²) < 4.78 is 0. The maximum atomic E-state index is 5.89. The van der Waals surface area contributed by atoms with E-state index in [1.165, 1.54) is 0 Å². The SMILES string of the molecule is CCCNc1nc(C)cc(-c2ccc(Cl)cc2)n1. The van der Waals surface area contributed by atoms with Crippen molar-refractivity contribution < 1.29 is 0 Å². The van der Waals surface area contributed by atoms with E-state index in [1.54, 1.807) is 0 Å². The predicted octanol–water partition coefficient (Wildman–Crippen LogP) is 3.93. The van der Waals surface area contributed by atoms with Gasteiger partial charge in [-0.25, -0.2) is 9.97 Å². The fourth-order valence-electron chi connectivity index (χ4n) is 1.65. The summed E-state index contributed by atoms with van der Waals surface area (Å²) in [6.45, 7) is 4.96. The molecule has 2 rings (SSSR count). The highest BCUT2D eigenvalue weighted by molar-refractivity contribution is 6.30. The standard InChI is InChI=1S/C14H16ClN3/c1-3-8-16-14-17-10(2)9-13(18-14)11-4-6-12(15)7-5-11/h4-7,9H,3,8H2,1-2H3,(H,16,17,18). The summed E-state index contributed by atoms with van der Waals surface area (Å²) in [4.78, 5) is 8.87. The zero-order valence-electron chi connectivity index (χ0n) is 10.6. The van der Waals surface area contributed by atoms with Crippen LogP contribution in [-0.2, 0) is 0 Å². The van der Waals surface area contributed by atoms with E-state index in [1.807, 2.05) is 37.3 Å². The molecule has 1 heterocycles. The molecule has 0 aliphatic carbocycles. The molecule has 4 heteroatoms. The van der Waals surface area contributed by atoms with Gasteiger partial charge in [0, 0.05) is 22.8 Å². The number of halogens is 1. The van der Waals surface area contributed by atoms with Gasteiger partial charge >= 0.3 is 0 Å². The second-order valence-electron chi connectivity index (χ2n) is 4.15. The Kier molecular flexibility index (Phi) is 4.15. The molecule has 2 aromatic rings. The van der Waals surface area contributed by atoms with Crippen molar-refractivity contribution in [3.05, 3.63) is 41.0 Å². The monoisotopic (exact) mass is 261 g/mol. The smallest absolute Gasteiger partial charge is 0.223 e. The van der Waals surface area contributed by atoms with Gasteiger partial charge in [-0.15, -0.1) is 0 Å². The number of anilines is 1. The Morgan fingerprint density at radius 1 is 1.17 bits per heavy atom. The summed E-state index contributed by atoms with van der Waals surface area (Å²) in [5.41, 5.74) is 2.91. The van der Waals surface area contributed by atoms with Crippen LogP contribution >= 0.6 is 11.6 Å². The number of aromatic nitrogens is 2. The summed E-state index contributed by atoms with van der Waals surface area (Å²) in [5, 5.41) is 3.94. The lowest BCUT2D eigenvalue weighted by atomic mass is 10.1. The Hall–Kier alpha value is -1.61. The number of hydrogen-bond acceptors (Lipinski definition) is 3. The second kappa shape index (κ2) is 5.83. The fourth-order valence-corrected chi connectivity index (χ4v) is 1.78. The molecule has 0 fully saturated rings. The molecule has 0 saturated carbocycles. The highest BCUT2D eigenvalue weighted by Crippen LogP contribution is 2.21. The van der Waals surface area contributed by atoms with E-state index in [0.29, 0.717) is 5.95 Å². The Morgan fingerprint density at radius 2 is 1.89 bits per heavy atom. The van der Waals surface area contributed by atoms with Gasteiger partial charge in [0.15, 0.2) is 0 Å². The van der Waals surface area contributed by atoms with Crippen molar-refractivity contribution in [2.24, 2.45) is 0 Å². The molecule has 1 N–H and O–H groups in total.